The van der Waals surface area contributed by atoms with E-state index in [-0.39, 0.29) is 12.5 Å². The summed E-state index contributed by atoms with van der Waals surface area (Å²) in [5.41, 5.74) is 0. The molecule has 0 radical (unpaired) electrons. The number of aromatic nitrogens is 3. The minimum atomic E-state index is -0.175. The van der Waals surface area contributed by atoms with Gasteiger partial charge in [0.15, 0.2) is 5.82 Å². The van der Waals surface area contributed by atoms with Gasteiger partial charge in [0.05, 0.1) is 6.61 Å². The largest absolute Gasteiger partial charge is 0.388 e. The van der Waals surface area contributed by atoms with Gasteiger partial charge in [-0.2, -0.15) is 0 Å². The summed E-state index contributed by atoms with van der Waals surface area (Å²) in [6.45, 7) is 1.29. The van der Waals surface area contributed by atoms with Gasteiger partial charge in [-0.05, 0) is 0 Å². The smallest absolute Gasteiger partial charge is 0.221 e. The van der Waals surface area contributed by atoms with E-state index in [4.69, 9.17) is 9.84 Å². The van der Waals surface area contributed by atoms with Crippen LogP contribution in [0.5, 0.6) is 0 Å². The lowest BCUT2D eigenvalue weighted by Crippen LogP contribution is -2.27. The van der Waals surface area contributed by atoms with Crippen LogP contribution in [0.4, 0.5) is 0 Å². The van der Waals surface area contributed by atoms with E-state index in [0.29, 0.717) is 31.9 Å². The average Bonchev–Trinajstić information content (AvgIpc) is 2.74. The van der Waals surface area contributed by atoms with E-state index in [2.05, 4.69) is 15.5 Å². The van der Waals surface area contributed by atoms with Gasteiger partial charge >= 0.3 is 0 Å². The van der Waals surface area contributed by atoms with Crippen LogP contribution in [0.1, 0.15) is 12.2 Å². The minimum Gasteiger partial charge on any atom is -0.388 e. The van der Waals surface area contributed by atoms with Crippen molar-refractivity contribution in [1.29, 1.82) is 0 Å². The number of aryl methyl sites for hydroxylation is 1. The number of rotatable bonds is 7. The number of aliphatic hydroxyl groups excluding tert-OH is 1. The molecule has 0 aliphatic rings. The Morgan fingerprint density at radius 1 is 1.69 bits per heavy atom. The maximum atomic E-state index is 11.3. The second-order valence-corrected chi connectivity index (χ2v) is 3.19. The van der Waals surface area contributed by atoms with Crippen LogP contribution in [-0.2, 0) is 22.7 Å². The molecule has 0 saturated heterocycles. The van der Waals surface area contributed by atoms with Crippen molar-refractivity contribution >= 4 is 5.91 Å². The number of nitrogens with one attached hydrogen (secondary N) is 1. The number of ether oxygens (including phenoxy) is 1. The number of methoxy groups -OCH3 is 1. The van der Waals surface area contributed by atoms with Gasteiger partial charge in [0.1, 0.15) is 12.9 Å². The lowest BCUT2D eigenvalue weighted by Gasteiger charge is -2.06. The summed E-state index contributed by atoms with van der Waals surface area (Å²) >= 11 is 0. The highest BCUT2D eigenvalue weighted by Gasteiger charge is 2.05. The maximum absolute atomic E-state index is 11.3. The molecule has 1 rings (SSSR count). The molecular formula is C9H16N4O3. The molecule has 0 fully saturated rings. The number of nitrogens with zero attached hydrogens (tertiary/aromatic N) is 3. The fourth-order valence-corrected chi connectivity index (χ4v) is 1.19. The Hall–Kier alpha value is -1.47. The number of carbonyl (C=O) groups excluding carboxylic acids is 1. The van der Waals surface area contributed by atoms with E-state index in [1.165, 1.54) is 6.33 Å². The lowest BCUT2D eigenvalue weighted by molar-refractivity contribution is -0.121. The molecule has 0 atom stereocenters. The topological polar surface area (TPSA) is 89.3 Å². The zero-order valence-corrected chi connectivity index (χ0v) is 9.22. The Bertz CT molecular complexity index is 326. The Kier molecular flexibility index (Phi) is 5.44. The quantitative estimate of drug-likeness (QED) is 0.580. The first-order valence-corrected chi connectivity index (χ1v) is 5.01. The van der Waals surface area contributed by atoms with Gasteiger partial charge in [0.25, 0.3) is 0 Å². The van der Waals surface area contributed by atoms with Gasteiger partial charge in [-0.15, -0.1) is 10.2 Å². The molecule has 1 amide bonds. The van der Waals surface area contributed by atoms with E-state index in [1.807, 2.05) is 0 Å². The second-order valence-electron chi connectivity index (χ2n) is 3.19. The molecule has 7 heteroatoms. The Morgan fingerprint density at radius 2 is 2.50 bits per heavy atom. The maximum Gasteiger partial charge on any atom is 0.221 e. The van der Waals surface area contributed by atoms with Crippen molar-refractivity contribution in [3.8, 4) is 0 Å². The highest BCUT2D eigenvalue weighted by Crippen LogP contribution is 1.96. The van der Waals surface area contributed by atoms with E-state index >= 15 is 0 Å². The Labute approximate surface area is 93.4 Å². The van der Waals surface area contributed by atoms with Crippen LogP contribution in [0, 0.1) is 0 Å². The van der Waals surface area contributed by atoms with Gasteiger partial charge in [-0.25, -0.2) is 0 Å². The second kappa shape index (κ2) is 6.91. The number of aliphatic hydroxyl groups is 1. The van der Waals surface area contributed by atoms with E-state index in [0.717, 1.165) is 0 Å². The van der Waals surface area contributed by atoms with E-state index in [1.54, 1.807) is 11.7 Å². The molecule has 1 aromatic heterocycles. The van der Waals surface area contributed by atoms with Crippen molar-refractivity contribution in [3.05, 3.63) is 12.2 Å². The number of carbonyl (C=O) groups is 1. The summed E-state index contributed by atoms with van der Waals surface area (Å²) in [5.74, 6) is 0.402. The molecule has 0 aromatic carbocycles. The summed E-state index contributed by atoms with van der Waals surface area (Å²) in [7, 11) is 1.58. The summed E-state index contributed by atoms with van der Waals surface area (Å²) in [6, 6.07) is 0. The van der Waals surface area contributed by atoms with Crippen molar-refractivity contribution in [2.45, 2.75) is 19.6 Å². The Balaban J connectivity index is 2.26. The number of hydrogen-bond donors (Lipinski definition) is 2. The fourth-order valence-electron chi connectivity index (χ4n) is 1.19. The zero-order valence-electron chi connectivity index (χ0n) is 9.22. The van der Waals surface area contributed by atoms with Crippen molar-refractivity contribution in [3.63, 3.8) is 0 Å². The molecule has 2 N–H and O–H groups in total. The predicted octanol–water partition coefficient (Wildman–Crippen LogP) is -1.08. The molecule has 16 heavy (non-hydrogen) atoms. The van der Waals surface area contributed by atoms with Crippen LogP contribution in [0.2, 0.25) is 0 Å². The van der Waals surface area contributed by atoms with Crippen molar-refractivity contribution in [2.24, 2.45) is 0 Å². The summed E-state index contributed by atoms with van der Waals surface area (Å²) < 4.78 is 6.45. The molecule has 0 bridgehead atoms. The third-order valence-electron chi connectivity index (χ3n) is 2.05. The predicted molar refractivity (Wildman–Crippen MR) is 55.4 cm³/mol. The monoisotopic (exact) mass is 228 g/mol. The van der Waals surface area contributed by atoms with Crippen LogP contribution < -0.4 is 5.32 Å². The molecule has 0 spiro atoms. The van der Waals surface area contributed by atoms with Gasteiger partial charge in [0, 0.05) is 26.6 Å². The molecule has 0 aliphatic heterocycles. The highest BCUT2D eigenvalue weighted by atomic mass is 16.5. The van der Waals surface area contributed by atoms with Crippen LogP contribution in [0.3, 0.4) is 0 Å². The molecule has 7 nitrogen and oxygen atoms in total. The standard InChI is InChI=1S/C9H16N4O3/c1-16-5-3-10-9(15)2-4-13-7-11-12-8(13)6-14/h7,14H,2-6H2,1H3,(H,10,15). The third kappa shape index (κ3) is 3.95. The molecule has 1 heterocycles. The van der Waals surface area contributed by atoms with Gasteiger partial charge in [-0.3, -0.25) is 4.79 Å². The first-order chi connectivity index (χ1) is 7.77. The third-order valence-corrected chi connectivity index (χ3v) is 2.05. The van der Waals surface area contributed by atoms with Crippen LogP contribution in [0.15, 0.2) is 6.33 Å². The van der Waals surface area contributed by atoms with Crippen molar-refractivity contribution in [2.75, 3.05) is 20.3 Å². The van der Waals surface area contributed by atoms with Gasteiger partial charge in [0.2, 0.25) is 5.91 Å². The summed E-state index contributed by atoms with van der Waals surface area (Å²) in [5, 5.41) is 19.0. The fraction of sp³-hybridized carbons (Fsp3) is 0.667. The highest BCUT2D eigenvalue weighted by molar-refractivity contribution is 5.75. The van der Waals surface area contributed by atoms with Crippen LogP contribution >= 0.6 is 0 Å². The van der Waals surface area contributed by atoms with Crippen molar-refractivity contribution in [1.82, 2.24) is 20.1 Å². The minimum absolute atomic E-state index is 0.0605. The van der Waals surface area contributed by atoms with Crippen LogP contribution in [0.25, 0.3) is 0 Å². The SMILES string of the molecule is COCCNC(=O)CCn1cnnc1CO. The number of amides is 1. The van der Waals surface area contributed by atoms with E-state index < -0.39 is 0 Å². The lowest BCUT2D eigenvalue weighted by atomic mass is 10.4. The first kappa shape index (κ1) is 12.6. The summed E-state index contributed by atoms with van der Waals surface area (Å²) in [6.07, 6.45) is 1.82. The Morgan fingerprint density at radius 3 is 3.19 bits per heavy atom. The van der Waals surface area contributed by atoms with Gasteiger partial charge in [-0.1, -0.05) is 0 Å². The first-order valence-electron chi connectivity index (χ1n) is 5.01. The molecule has 0 aliphatic carbocycles. The van der Waals surface area contributed by atoms with Gasteiger partial charge < -0.3 is 19.7 Å². The molecule has 90 valence electrons. The molecule has 1 aromatic rings. The zero-order chi connectivity index (χ0) is 11.8. The molecule has 0 saturated carbocycles. The van der Waals surface area contributed by atoms with Crippen LogP contribution in [-0.4, -0.2) is 46.0 Å². The number of hydrogen-bond acceptors (Lipinski definition) is 5. The van der Waals surface area contributed by atoms with Crippen molar-refractivity contribution < 1.29 is 14.6 Å². The normalized spacial score (nSPS) is 10.4. The summed E-state index contributed by atoms with van der Waals surface area (Å²) in [4.78, 5) is 11.3. The van der Waals surface area contributed by atoms with E-state index in [9.17, 15) is 4.79 Å². The average molecular weight is 228 g/mol. The molecular weight excluding hydrogens is 212 g/mol. The molecule has 0 unspecified atom stereocenters.